The first kappa shape index (κ1) is 15.9. The smallest absolute Gasteiger partial charge is 0.282 e. The molecule has 114 valence electrons. The molecule has 0 aliphatic rings. The average molecular weight is 350 g/mol. The minimum Gasteiger partial charge on any atom is -0.492 e. The zero-order valence-corrected chi connectivity index (χ0v) is 13.6. The molecule has 2 aromatic rings. The summed E-state index contributed by atoms with van der Waals surface area (Å²) in [5.41, 5.74) is 0.228. The van der Waals surface area contributed by atoms with E-state index in [0.717, 1.165) is 0 Å². The Morgan fingerprint density at radius 3 is 2.67 bits per heavy atom. The maximum atomic E-state index is 12.3. The van der Waals surface area contributed by atoms with Gasteiger partial charge in [0, 0.05) is 12.1 Å². The SMILES string of the molecule is CCOc1ccc(Cl)cc1NS(=O)(=O)c1ncn(C)c1Cl. The number of aryl methyl sites for hydroxylation is 1. The van der Waals surface area contributed by atoms with Crippen molar-refractivity contribution in [2.45, 2.75) is 11.9 Å². The molecule has 0 radical (unpaired) electrons. The van der Waals surface area contributed by atoms with Crippen LogP contribution >= 0.6 is 23.2 Å². The van der Waals surface area contributed by atoms with Crippen molar-refractivity contribution in [3.05, 3.63) is 34.7 Å². The van der Waals surface area contributed by atoms with Crippen molar-refractivity contribution in [1.82, 2.24) is 9.55 Å². The Labute approximate surface area is 132 Å². The lowest BCUT2D eigenvalue weighted by atomic mass is 10.3. The number of imidazole rings is 1. The summed E-state index contributed by atoms with van der Waals surface area (Å²) in [4.78, 5) is 3.79. The lowest BCUT2D eigenvalue weighted by molar-refractivity contribution is 0.342. The number of hydrogen-bond donors (Lipinski definition) is 1. The molecule has 0 spiro atoms. The van der Waals surface area contributed by atoms with E-state index in [1.807, 2.05) is 0 Å². The van der Waals surface area contributed by atoms with Crippen LogP contribution in [0.15, 0.2) is 29.6 Å². The second kappa shape index (κ2) is 6.13. The zero-order chi connectivity index (χ0) is 15.6. The number of nitrogens with zero attached hydrogens (tertiary/aromatic N) is 2. The first-order valence-corrected chi connectivity index (χ1v) is 8.21. The van der Waals surface area contributed by atoms with Crippen LogP contribution in [-0.2, 0) is 17.1 Å². The Hall–Kier alpha value is -1.44. The fraction of sp³-hybridized carbons (Fsp3) is 0.250. The zero-order valence-electron chi connectivity index (χ0n) is 11.3. The summed E-state index contributed by atoms with van der Waals surface area (Å²) in [6.45, 7) is 2.18. The van der Waals surface area contributed by atoms with E-state index >= 15 is 0 Å². The first-order chi connectivity index (χ1) is 9.85. The second-order valence-corrected chi connectivity index (χ2v) is 6.52. The van der Waals surface area contributed by atoms with Crippen molar-refractivity contribution < 1.29 is 13.2 Å². The molecular weight excluding hydrogens is 337 g/mol. The third-order valence-electron chi connectivity index (χ3n) is 2.57. The van der Waals surface area contributed by atoms with Crippen LogP contribution in [0.2, 0.25) is 10.2 Å². The van der Waals surface area contributed by atoms with Gasteiger partial charge in [-0.2, -0.15) is 8.42 Å². The molecule has 1 aromatic heterocycles. The molecule has 6 nitrogen and oxygen atoms in total. The van der Waals surface area contributed by atoms with E-state index in [1.165, 1.54) is 17.0 Å². The average Bonchev–Trinajstić information content (AvgIpc) is 2.74. The van der Waals surface area contributed by atoms with Crippen LogP contribution in [0.5, 0.6) is 5.75 Å². The van der Waals surface area contributed by atoms with Gasteiger partial charge in [-0.3, -0.25) is 4.72 Å². The molecule has 0 aliphatic carbocycles. The molecule has 0 atom stereocenters. The molecule has 1 aromatic carbocycles. The fourth-order valence-electron chi connectivity index (χ4n) is 1.63. The highest BCUT2D eigenvalue weighted by molar-refractivity contribution is 7.92. The van der Waals surface area contributed by atoms with Gasteiger partial charge in [-0.1, -0.05) is 23.2 Å². The Bertz CT molecular complexity index is 759. The van der Waals surface area contributed by atoms with E-state index in [-0.39, 0.29) is 15.9 Å². The monoisotopic (exact) mass is 349 g/mol. The fourth-order valence-corrected chi connectivity index (χ4v) is 3.30. The van der Waals surface area contributed by atoms with Gasteiger partial charge in [-0.15, -0.1) is 0 Å². The molecule has 0 aliphatic heterocycles. The van der Waals surface area contributed by atoms with Crippen molar-refractivity contribution >= 4 is 38.9 Å². The second-order valence-electron chi connectivity index (χ2n) is 4.13. The van der Waals surface area contributed by atoms with Crippen LogP contribution in [0.4, 0.5) is 5.69 Å². The highest BCUT2D eigenvalue weighted by Gasteiger charge is 2.23. The van der Waals surface area contributed by atoms with Crippen LogP contribution in [0.3, 0.4) is 0 Å². The molecule has 1 N–H and O–H groups in total. The van der Waals surface area contributed by atoms with E-state index in [4.69, 9.17) is 27.9 Å². The molecule has 21 heavy (non-hydrogen) atoms. The Balaban J connectivity index is 2.41. The number of benzene rings is 1. The number of anilines is 1. The minimum atomic E-state index is -3.93. The van der Waals surface area contributed by atoms with E-state index < -0.39 is 10.0 Å². The van der Waals surface area contributed by atoms with Gasteiger partial charge in [0.25, 0.3) is 10.0 Å². The molecule has 0 unspecified atom stereocenters. The van der Waals surface area contributed by atoms with Gasteiger partial charge in [0.2, 0.25) is 5.03 Å². The van der Waals surface area contributed by atoms with Gasteiger partial charge >= 0.3 is 0 Å². The maximum Gasteiger partial charge on any atom is 0.282 e. The number of sulfonamides is 1. The normalized spacial score (nSPS) is 11.4. The Kier molecular flexibility index (Phi) is 4.65. The van der Waals surface area contributed by atoms with Crippen LogP contribution in [0.25, 0.3) is 0 Å². The minimum absolute atomic E-state index is 0.0162. The van der Waals surface area contributed by atoms with Gasteiger partial charge in [-0.25, -0.2) is 4.98 Å². The summed E-state index contributed by atoms with van der Waals surface area (Å²) in [5.74, 6) is 0.373. The van der Waals surface area contributed by atoms with E-state index in [1.54, 1.807) is 26.1 Å². The van der Waals surface area contributed by atoms with Gasteiger partial charge in [0.1, 0.15) is 10.9 Å². The van der Waals surface area contributed by atoms with Crippen molar-refractivity contribution in [1.29, 1.82) is 0 Å². The molecule has 0 saturated heterocycles. The summed E-state index contributed by atoms with van der Waals surface area (Å²) in [7, 11) is -2.34. The van der Waals surface area contributed by atoms with Crippen molar-refractivity contribution in [3.8, 4) is 5.75 Å². The summed E-state index contributed by atoms with van der Waals surface area (Å²) < 4.78 is 33.8. The summed E-state index contributed by atoms with van der Waals surface area (Å²) >= 11 is 11.8. The Morgan fingerprint density at radius 2 is 2.10 bits per heavy atom. The highest BCUT2D eigenvalue weighted by Crippen LogP contribution is 2.31. The van der Waals surface area contributed by atoms with Gasteiger partial charge in [-0.05, 0) is 25.1 Å². The number of nitrogens with one attached hydrogen (secondary N) is 1. The molecule has 0 fully saturated rings. The lowest BCUT2D eigenvalue weighted by Crippen LogP contribution is -2.15. The van der Waals surface area contributed by atoms with Crippen LogP contribution in [0.1, 0.15) is 6.92 Å². The van der Waals surface area contributed by atoms with Gasteiger partial charge < -0.3 is 9.30 Å². The van der Waals surface area contributed by atoms with Gasteiger partial charge in [0.15, 0.2) is 0 Å². The molecular formula is C12H13Cl2N3O3S. The Morgan fingerprint density at radius 1 is 1.38 bits per heavy atom. The summed E-state index contributed by atoms with van der Waals surface area (Å²) in [6.07, 6.45) is 1.32. The topological polar surface area (TPSA) is 73.2 Å². The standard InChI is InChI=1S/C12H13Cl2N3O3S/c1-3-20-10-5-4-8(13)6-9(10)16-21(18,19)12-11(14)17(2)7-15-12/h4-7,16H,3H2,1-2H3. The van der Waals surface area contributed by atoms with E-state index in [2.05, 4.69) is 9.71 Å². The largest absolute Gasteiger partial charge is 0.492 e. The number of aromatic nitrogens is 2. The first-order valence-electron chi connectivity index (χ1n) is 5.97. The number of hydrogen-bond acceptors (Lipinski definition) is 4. The predicted molar refractivity (Wildman–Crippen MR) is 81.6 cm³/mol. The molecule has 0 amide bonds. The van der Waals surface area contributed by atoms with Gasteiger partial charge in [0.05, 0.1) is 18.6 Å². The number of rotatable bonds is 5. The highest BCUT2D eigenvalue weighted by atomic mass is 35.5. The van der Waals surface area contributed by atoms with E-state index in [9.17, 15) is 8.42 Å². The van der Waals surface area contributed by atoms with Crippen molar-refractivity contribution in [2.24, 2.45) is 7.05 Å². The molecule has 0 bridgehead atoms. The van der Waals surface area contributed by atoms with E-state index in [0.29, 0.717) is 17.4 Å². The predicted octanol–water partition coefficient (Wildman–Crippen LogP) is 2.93. The summed E-state index contributed by atoms with van der Waals surface area (Å²) in [6, 6.07) is 4.66. The number of ether oxygens (including phenoxy) is 1. The van der Waals surface area contributed by atoms with Crippen LogP contribution < -0.4 is 9.46 Å². The molecule has 9 heteroatoms. The quantitative estimate of drug-likeness (QED) is 0.900. The molecule has 2 rings (SSSR count). The van der Waals surface area contributed by atoms with Crippen molar-refractivity contribution in [2.75, 3.05) is 11.3 Å². The van der Waals surface area contributed by atoms with Crippen LogP contribution in [-0.4, -0.2) is 24.6 Å². The summed E-state index contributed by atoms with van der Waals surface area (Å²) in [5, 5.41) is 0.139. The van der Waals surface area contributed by atoms with Crippen molar-refractivity contribution in [3.63, 3.8) is 0 Å². The van der Waals surface area contributed by atoms with Crippen LogP contribution in [0, 0.1) is 0 Å². The maximum absolute atomic E-state index is 12.3. The lowest BCUT2D eigenvalue weighted by Gasteiger charge is -2.12. The number of halogens is 2. The third kappa shape index (κ3) is 3.42. The third-order valence-corrected chi connectivity index (χ3v) is 4.66. The molecule has 0 saturated carbocycles. The molecule has 1 heterocycles.